The normalized spacial score (nSPS) is 16.0. The number of aromatic nitrogens is 4. The van der Waals surface area contributed by atoms with E-state index in [9.17, 15) is 0 Å². The van der Waals surface area contributed by atoms with Crippen LogP contribution < -0.4 is 5.73 Å². The van der Waals surface area contributed by atoms with E-state index >= 15 is 0 Å². The third-order valence-corrected chi connectivity index (χ3v) is 2.10. The molecule has 7 nitrogen and oxygen atoms in total. The zero-order valence-corrected chi connectivity index (χ0v) is 7.17. The van der Waals surface area contributed by atoms with Crippen LogP contribution in [0.15, 0.2) is 9.15 Å². The van der Waals surface area contributed by atoms with E-state index in [1.54, 1.807) is 0 Å². The predicted octanol–water partition coefficient (Wildman–Crippen LogP) is 0.579. The van der Waals surface area contributed by atoms with E-state index in [2.05, 4.69) is 25.1 Å². The predicted molar refractivity (Wildman–Crippen MR) is 44.0 cm³/mol. The van der Waals surface area contributed by atoms with Crippen molar-refractivity contribution in [1.29, 1.82) is 0 Å². The van der Waals surface area contributed by atoms with E-state index in [-0.39, 0.29) is 11.7 Å². The molecule has 3 rings (SSSR count). The lowest BCUT2D eigenvalue weighted by Gasteiger charge is -1.83. The molecule has 0 bridgehead atoms. The highest BCUT2D eigenvalue weighted by molar-refractivity contribution is 5.60. The second kappa shape index (κ2) is 2.53. The van der Waals surface area contributed by atoms with Gasteiger partial charge in [0.25, 0.3) is 5.89 Å². The van der Waals surface area contributed by atoms with Crippen molar-refractivity contribution in [2.75, 3.05) is 5.73 Å². The SMILES string of the molecule is Nc1nonc1-c1nc(C2CC2)no1. The van der Waals surface area contributed by atoms with Crippen LogP contribution in [-0.4, -0.2) is 20.5 Å². The summed E-state index contributed by atoms with van der Waals surface area (Å²) in [6, 6.07) is 0. The van der Waals surface area contributed by atoms with Gasteiger partial charge in [0.15, 0.2) is 5.82 Å². The lowest BCUT2D eigenvalue weighted by Crippen LogP contribution is -1.89. The maximum Gasteiger partial charge on any atom is 0.284 e. The standard InChI is InChI=1S/C7H7N5O2/c8-5-4(10-14-11-5)7-9-6(12-13-7)3-1-2-3/h3H,1-2H2,(H2,8,11). The molecule has 0 aromatic carbocycles. The molecule has 2 heterocycles. The van der Waals surface area contributed by atoms with E-state index in [0.717, 1.165) is 12.8 Å². The molecule has 0 unspecified atom stereocenters. The number of hydrogen-bond acceptors (Lipinski definition) is 7. The number of hydrogen-bond donors (Lipinski definition) is 1. The Morgan fingerprint density at radius 3 is 2.71 bits per heavy atom. The largest absolute Gasteiger partial charge is 0.379 e. The molecular weight excluding hydrogens is 186 g/mol. The van der Waals surface area contributed by atoms with Crippen LogP contribution in [-0.2, 0) is 0 Å². The summed E-state index contributed by atoms with van der Waals surface area (Å²) in [7, 11) is 0. The Bertz CT molecular complexity index is 458. The van der Waals surface area contributed by atoms with Crippen LogP contribution in [0.5, 0.6) is 0 Å². The smallest absolute Gasteiger partial charge is 0.284 e. The molecule has 0 atom stereocenters. The average Bonchev–Trinajstić information content (AvgIpc) is 2.75. The van der Waals surface area contributed by atoms with Crippen molar-refractivity contribution in [2.24, 2.45) is 0 Å². The monoisotopic (exact) mass is 193 g/mol. The first-order valence-electron chi connectivity index (χ1n) is 4.26. The van der Waals surface area contributed by atoms with E-state index in [0.29, 0.717) is 17.4 Å². The Kier molecular flexibility index (Phi) is 1.35. The molecule has 14 heavy (non-hydrogen) atoms. The van der Waals surface area contributed by atoms with Gasteiger partial charge in [-0.1, -0.05) is 5.16 Å². The van der Waals surface area contributed by atoms with Crippen LogP contribution in [0.2, 0.25) is 0 Å². The topological polar surface area (TPSA) is 104 Å². The van der Waals surface area contributed by atoms with Crippen LogP contribution in [0.1, 0.15) is 24.6 Å². The molecule has 0 amide bonds. The summed E-state index contributed by atoms with van der Waals surface area (Å²) in [6.45, 7) is 0. The van der Waals surface area contributed by atoms with Crippen molar-refractivity contribution in [3.63, 3.8) is 0 Å². The summed E-state index contributed by atoms with van der Waals surface area (Å²) in [4.78, 5) is 4.16. The van der Waals surface area contributed by atoms with Crippen LogP contribution in [0, 0.1) is 0 Å². The van der Waals surface area contributed by atoms with Gasteiger partial charge in [0.2, 0.25) is 11.5 Å². The fraction of sp³-hybridized carbons (Fsp3) is 0.429. The van der Waals surface area contributed by atoms with E-state index in [1.807, 2.05) is 0 Å². The first-order valence-corrected chi connectivity index (χ1v) is 4.26. The minimum Gasteiger partial charge on any atom is -0.379 e. The summed E-state index contributed by atoms with van der Waals surface area (Å²) < 4.78 is 9.42. The van der Waals surface area contributed by atoms with Gasteiger partial charge in [-0.3, -0.25) is 0 Å². The molecule has 2 aromatic heterocycles. The Balaban J connectivity index is 1.99. The Hall–Kier alpha value is -1.92. The number of nitrogen functional groups attached to an aromatic ring is 1. The zero-order chi connectivity index (χ0) is 9.54. The lowest BCUT2D eigenvalue weighted by molar-refractivity contribution is 0.308. The summed E-state index contributed by atoms with van der Waals surface area (Å²) in [5.74, 6) is 1.58. The van der Waals surface area contributed by atoms with Crippen molar-refractivity contribution >= 4 is 5.82 Å². The van der Waals surface area contributed by atoms with Crippen molar-refractivity contribution in [3.05, 3.63) is 5.82 Å². The van der Waals surface area contributed by atoms with Gasteiger partial charge in [0, 0.05) is 5.92 Å². The van der Waals surface area contributed by atoms with Crippen LogP contribution in [0.3, 0.4) is 0 Å². The van der Waals surface area contributed by atoms with E-state index in [4.69, 9.17) is 10.3 Å². The van der Waals surface area contributed by atoms with Gasteiger partial charge < -0.3 is 10.3 Å². The third kappa shape index (κ3) is 1.05. The first kappa shape index (κ1) is 7.48. The summed E-state index contributed by atoms with van der Waals surface area (Å²) >= 11 is 0. The molecular formula is C7H7N5O2. The molecule has 0 aliphatic heterocycles. The fourth-order valence-corrected chi connectivity index (χ4v) is 1.18. The summed E-state index contributed by atoms with van der Waals surface area (Å²) in [5, 5.41) is 10.8. The van der Waals surface area contributed by atoms with Crippen LogP contribution in [0.25, 0.3) is 11.6 Å². The molecule has 2 aromatic rings. The molecule has 0 spiro atoms. The molecule has 72 valence electrons. The van der Waals surface area contributed by atoms with Gasteiger partial charge >= 0.3 is 0 Å². The number of rotatable bonds is 2. The molecule has 1 fully saturated rings. The first-order chi connectivity index (χ1) is 6.84. The Labute approximate surface area is 78.2 Å². The van der Waals surface area contributed by atoms with Gasteiger partial charge in [0.1, 0.15) is 0 Å². The highest BCUT2D eigenvalue weighted by Gasteiger charge is 2.29. The second-order valence-corrected chi connectivity index (χ2v) is 3.23. The minimum absolute atomic E-state index is 0.163. The number of anilines is 1. The molecule has 0 saturated heterocycles. The van der Waals surface area contributed by atoms with Crippen molar-refractivity contribution < 1.29 is 9.15 Å². The lowest BCUT2D eigenvalue weighted by atomic mass is 10.4. The van der Waals surface area contributed by atoms with E-state index in [1.165, 1.54) is 0 Å². The van der Waals surface area contributed by atoms with Crippen LogP contribution in [0.4, 0.5) is 5.82 Å². The minimum atomic E-state index is 0.163. The fourth-order valence-electron chi connectivity index (χ4n) is 1.18. The zero-order valence-electron chi connectivity index (χ0n) is 7.17. The third-order valence-electron chi connectivity index (χ3n) is 2.10. The van der Waals surface area contributed by atoms with Gasteiger partial charge in [-0.05, 0) is 23.2 Å². The van der Waals surface area contributed by atoms with Gasteiger partial charge in [0.05, 0.1) is 0 Å². The summed E-state index contributed by atoms with van der Waals surface area (Å²) in [5.41, 5.74) is 5.79. The quantitative estimate of drug-likeness (QED) is 0.743. The number of nitrogens with two attached hydrogens (primary N) is 1. The van der Waals surface area contributed by atoms with Gasteiger partial charge in [-0.2, -0.15) is 4.98 Å². The summed E-state index contributed by atoms with van der Waals surface area (Å²) in [6.07, 6.45) is 2.23. The van der Waals surface area contributed by atoms with E-state index < -0.39 is 0 Å². The Morgan fingerprint density at radius 1 is 1.21 bits per heavy atom. The van der Waals surface area contributed by atoms with Crippen molar-refractivity contribution in [3.8, 4) is 11.6 Å². The molecule has 1 aliphatic rings. The molecule has 2 N–H and O–H groups in total. The average molecular weight is 193 g/mol. The molecule has 1 aliphatic carbocycles. The van der Waals surface area contributed by atoms with Gasteiger partial charge in [-0.15, -0.1) is 0 Å². The number of nitrogens with zero attached hydrogens (tertiary/aromatic N) is 4. The highest BCUT2D eigenvalue weighted by Crippen LogP contribution is 2.38. The van der Waals surface area contributed by atoms with Crippen molar-refractivity contribution in [2.45, 2.75) is 18.8 Å². The molecule has 0 radical (unpaired) electrons. The van der Waals surface area contributed by atoms with Gasteiger partial charge in [-0.25, -0.2) is 4.63 Å². The van der Waals surface area contributed by atoms with Crippen molar-refractivity contribution in [1.82, 2.24) is 20.5 Å². The molecule has 7 heteroatoms. The second-order valence-electron chi connectivity index (χ2n) is 3.23. The molecule has 1 saturated carbocycles. The Morgan fingerprint density at radius 2 is 2.07 bits per heavy atom. The maximum atomic E-state index is 5.48. The highest BCUT2D eigenvalue weighted by atomic mass is 16.6. The maximum absolute atomic E-state index is 5.48. The van der Waals surface area contributed by atoms with Crippen LogP contribution >= 0.6 is 0 Å².